The fourth-order valence-corrected chi connectivity index (χ4v) is 5.18. The molecule has 0 spiro atoms. The van der Waals surface area contributed by atoms with Crippen LogP contribution in [0.3, 0.4) is 0 Å². The summed E-state index contributed by atoms with van der Waals surface area (Å²) in [5.41, 5.74) is 7.09. The first kappa shape index (κ1) is 24.7. The van der Waals surface area contributed by atoms with Crippen LogP contribution in [-0.4, -0.2) is 20.6 Å². The normalized spacial score (nSPS) is 17.2. The number of aryl methyl sites for hydroxylation is 2. The second-order valence-electron chi connectivity index (χ2n) is 9.73. The summed E-state index contributed by atoms with van der Waals surface area (Å²) in [4.78, 5) is 19.1. The topological polar surface area (TPSA) is 62.2 Å². The van der Waals surface area contributed by atoms with Crippen LogP contribution in [0.25, 0.3) is 5.69 Å². The van der Waals surface area contributed by atoms with Crippen molar-refractivity contribution >= 4 is 34.6 Å². The fraction of sp³-hybridized carbons (Fsp3) is 0.233. The van der Waals surface area contributed by atoms with E-state index in [-0.39, 0.29) is 23.9 Å². The molecule has 2 aromatic heterocycles. The van der Waals surface area contributed by atoms with Crippen molar-refractivity contribution in [2.75, 3.05) is 10.2 Å². The first-order valence-corrected chi connectivity index (χ1v) is 12.9. The Hall–Kier alpha value is -3.97. The van der Waals surface area contributed by atoms with Gasteiger partial charge >= 0.3 is 0 Å². The highest BCUT2D eigenvalue weighted by molar-refractivity contribution is 7.80. The number of benzene rings is 2. The molecule has 0 unspecified atom stereocenters. The third-order valence-electron chi connectivity index (χ3n) is 6.83. The molecule has 0 radical (unpaired) electrons. The quantitative estimate of drug-likeness (QED) is 0.300. The van der Waals surface area contributed by atoms with E-state index in [0.717, 1.165) is 34.0 Å². The van der Waals surface area contributed by atoms with Crippen LogP contribution in [0.1, 0.15) is 48.4 Å². The Morgan fingerprint density at radius 2 is 1.78 bits per heavy atom. The van der Waals surface area contributed by atoms with Crippen molar-refractivity contribution in [2.24, 2.45) is 5.92 Å². The Bertz CT molecular complexity index is 1450. The van der Waals surface area contributed by atoms with Crippen molar-refractivity contribution < 1.29 is 4.79 Å². The van der Waals surface area contributed by atoms with Gasteiger partial charge in [0.15, 0.2) is 5.11 Å². The molecule has 6 nitrogen and oxygen atoms in total. The van der Waals surface area contributed by atoms with E-state index in [1.807, 2.05) is 57.3 Å². The maximum atomic E-state index is 12.3. The third kappa shape index (κ3) is 4.74. The van der Waals surface area contributed by atoms with Crippen LogP contribution in [0.2, 0.25) is 0 Å². The first-order valence-electron chi connectivity index (χ1n) is 12.5. The Kier molecular flexibility index (Phi) is 6.80. The van der Waals surface area contributed by atoms with Crippen LogP contribution < -0.4 is 15.5 Å². The second-order valence-corrected chi connectivity index (χ2v) is 10.1. The van der Waals surface area contributed by atoms with Gasteiger partial charge in [-0.3, -0.25) is 9.78 Å². The highest BCUT2D eigenvalue weighted by Crippen LogP contribution is 2.43. The molecule has 5 rings (SSSR count). The maximum absolute atomic E-state index is 12.3. The monoisotopic (exact) mass is 509 g/mol. The number of anilines is 2. The zero-order valence-electron chi connectivity index (χ0n) is 21.5. The summed E-state index contributed by atoms with van der Waals surface area (Å²) in [5, 5.41) is 7.21. The molecule has 0 aliphatic carbocycles. The number of carbonyl (C=O) groups is 1. The fourth-order valence-electron chi connectivity index (χ4n) is 4.84. The van der Waals surface area contributed by atoms with Gasteiger partial charge in [0.2, 0.25) is 5.91 Å². The van der Waals surface area contributed by atoms with Gasteiger partial charge in [0.25, 0.3) is 0 Å². The van der Waals surface area contributed by atoms with Gasteiger partial charge in [0.1, 0.15) is 6.04 Å². The Morgan fingerprint density at radius 3 is 2.49 bits per heavy atom. The molecule has 37 heavy (non-hydrogen) atoms. The average Bonchev–Trinajstić information content (AvgIpc) is 3.50. The summed E-state index contributed by atoms with van der Waals surface area (Å²) in [7, 11) is 0. The van der Waals surface area contributed by atoms with Gasteiger partial charge in [0.05, 0.1) is 11.7 Å². The number of nitrogens with zero attached hydrogens (tertiary/aromatic N) is 3. The average molecular weight is 510 g/mol. The molecule has 1 saturated heterocycles. The van der Waals surface area contributed by atoms with E-state index in [4.69, 9.17) is 12.2 Å². The molecule has 188 valence electrons. The third-order valence-corrected chi connectivity index (χ3v) is 7.14. The zero-order chi connectivity index (χ0) is 26.1. The molecule has 7 heteroatoms. The number of pyridine rings is 1. The highest BCUT2D eigenvalue weighted by atomic mass is 32.1. The van der Waals surface area contributed by atoms with Crippen LogP contribution in [0.15, 0.2) is 85.2 Å². The molecule has 0 bridgehead atoms. The molecule has 0 saturated carbocycles. The lowest BCUT2D eigenvalue weighted by molar-refractivity contribution is -0.118. The number of carbonyl (C=O) groups excluding carboxylic acids is 1. The van der Waals surface area contributed by atoms with Crippen molar-refractivity contribution in [3.63, 3.8) is 0 Å². The Morgan fingerprint density at radius 1 is 1.00 bits per heavy atom. The van der Waals surface area contributed by atoms with Crippen LogP contribution in [0.5, 0.6) is 0 Å². The summed E-state index contributed by atoms with van der Waals surface area (Å²) >= 11 is 5.92. The summed E-state index contributed by atoms with van der Waals surface area (Å²) < 4.78 is 2.24. The number of amides is 1. The van der Waals surface area contributed by atoms with E-state index in [2.05, 4.69) is 80.7 Å². The van der Waals surface area contributed by atoms with Crippen molar-refractivity contribution in [3.8, 4) is 5.69 Å². The smallest absolute Gasteiger partial charge is 0.226 e. The molecular formula is C30H31N5OS. The van der Waals surface area contributed by atoms with Gasteiger partial charge < -0.3 is 20.1 Å². The van der Waals surface area contributed by atoms with E-state index < -0.39 is 0 Å². The predicted octanol–water partition coefficient (Wildman–Crippen LogP) is 6.26. The number of aromatic nitrogens is 2. The van der Waals surface area contributed by atoms with E-state index in [0.29, 0.717) is 5.11 Å². The SMILES string of the molecule is Cc1cc(N2C(=S)N[C@@H](c3ccccn3)[C@H]2c2cccn2-c2ccccc2C)ccc1NC(=O)C(C)C. The summed E-state index contributed by atoms with van der Waals surface area (Å²) in [6.45, 7) is 7.91. The molecule has 1 aliphatic heterocycles. The molecule has 2 atom stereocenters. The molecule has 1 amide bonds. The summed E-state index contributed by atoms with van der Waals surface area (Å²) in [6, 6.07) is 24.3. The minimum Gasteiger partial charge on any atom is -0.351 e. The predicted molar refractivity (Wildman–Crippen MR) is 153 cm³/mol. The van der Waals surface area contributed by atoms with Crippen molar-refractivity contribution in [1.29, 1.82) is 0 Å². The van der Waals surface area contributed by atoms with Crippen molar-refractivity contribution in [2.45, 2.75) is 39.8 Å². The Labute approximate surface area is 223 Å². The number of para-hydroxylation sites is 1. The summed E-state index contributed by atoms with van der Waals surface area (Å²) in [5.74, 6) is -0.0921. The van der Waals surface area contributed by atoms with Gasteiger partial charge in [0, 0.05) is 41.1 Å². The lowest BCUT2D eigenvalue weighted by Gasteiger charge is -2.29. The standard InChI is InChI=1S/C30H31N5OS/c1-19(2)29(36)32-23-15-14-22(18-21(23)4)35-28(27(33-30(35)37)24-11-7-8-16-31-24)26-13-9-17-34(26)25-12-6-5-10-20(25)3/h5-19,27-28H,1-4H3,(H,32,36)(H,33,37)/t27-,28+/m0/s1. The summed E-state index contributed by atoms with van der Waals surface area (Å²) in [6.07, 6.45) is 3.92. The number of nitrogens with one attached hydrogen (secondary N) is 2. The molecule has 3 heterocycles. The van der Waals surface area contributed by atoms with E-state index in [1.54, 1.807) is 0 Å². The highest BCUT2D eigenvalue weighted by Gasteiger charge is 2.42. The molecule has 1 fully saturated rings. The second kappa shape index (κ2) is 10.2. The van der Waals surface area contributed by atoms with Crippen molar-refractivity contribution in [1.82, 2.24) is 14.9 Å². The van der Waals surface area contributed by atoms with Crippen LogP contribution in [0, 0.1) is 19.8 Å². The molecule has 2 N–H and O–H groups in total. The first-order chi connectivity index (χ1) is 17.8. The number of thiocarbonyl (C=S) groups is 1. The number of hydrogen-bond donors (Lipinski definition) is 2. The molecular weight excluding hydrogens is 478 g/mol. The number of hydrogen-bond acceptors (Lipinski definition) is 3. The Balaban J connectivity index is 1.61. The minimum absolute atomic E-state index is 0.00152. The van der Waals surface area contributed by atoms with E-state index in [9.17, 15) is 4.79 Å². The van der Waals surface area contributed by atoms with E-state index >= 15 is 0 Å². The molecule has 4 aromatic rings. The van der Waals surface area contributed by atoms with Gasteiger partial charge in [-0.05, 0) is 85.7 Å². The van der Waals surface area contributed by atoms with Gasteiger partial charge in [-0.15, -0.1) is 0 Å². The zero-order valence-corrected chi connectivity index (χ0v) is 22.3. The maximum Gasteiger partial charge on any atom is 0.226 e. The van der Waals surface area contributed by atoms with Crippen molar-refractivity contribution in [3.05, 3.63) is 108 Å². The van der Waals surface area contributed by atoms with Crippen LogP contribution >= 0.6 is 12.2 Å². The largest absolute Gasteiger partial charge is 0.351 e. The molecule has 1 aliphatic rings. The van der Waals surface area contributed by atoms with Gasteiger partial charge in [-0.2, -0.15) is 0 Å². The molecule has 2 aromatic carbocycles. The van der Waals surface area contributed by atoms with E-state index in [1.165, 1.54) is 5.56 Å². The van der Waals surface area contributed by atoms with Crippen LogP contribution in [-0.2, 0) is 4.79 Å². The van der Waals surface area contributed by atoms with Crippen LogP contribution in [0.4, 0.5) is 11.4 Å². The number of rotatable bonds is 6. The minimum atomic E-state index is -0.146. The van der Waals surface area contributed by atoms with Gasteiger partial charge in [-0.25, -0.2) is 0 Å². The van der Waals surface area contributed by atoms with Gasteiger partial charge in [-0.1, -0.05) is 38.1 Å². The lowest BCUT2D eigenvalue weighted by Crippen LogP contribution is -2.30. The lowest BCUT2D eigenvalue weighted by atomic mass is 10.00.